The van der Waals surface area contributed by atoms with Gasteiger partial charge in [-0.2, -0.15) is 4.31 Å². The van der Waals surface area contributed by atoms with Crippen LogP contribution in [0.3, 0.4) is 0 Å². The minimum Gasteiger partial charge on any atom is -0.310 e. The first-order chi connectivity index (χ1) is 14.2. The largest absolute Gasteiger partial charge is 0.310 e. The standard InChI is InChI=1S/C20H28N6O3S/c1-20(2,3)19-21-22-23-26(19)14-18(27)25-12-9-15-13-16(7-8-17(15)25)30(28,29)24-10-5-4-6-11-24/h7-8,13H,4-6,9-12,14H2,1-3H3. The van der Waals surface area contributed by atoms with Crippen molar-refractivity contribution in [3.05, 3.63) is 29.6 Å². The van der Waals surface area contributed by atoms with Crippen LogP contribution in [0.25, 0.3) is 0 Å². The van der Waals surface area contributed by atoms with Gasteiger partial charge in [0.2, 0.25) is 15.9 Å². The number of hydrogen-bond donors (Lipinski definition) is 0. The van der Waals surface area contributed by atoms with E-state index in [0.717, 1.165) is 30.5 Å². The van der Waals surface area contributed by atoms with Gasteiger partial charge >= 0.3 is 0 Å². The highest BCUT2D eigenvalue weighted by Crippen LogP contribution is 2.32. The first kappa shape index (κ1) is 20.9. The van der Waals surface area contributed by atoms with Crippen molar-refractivity contribution in [2.75, 3.05) is 24.5 Å². The summed E-state index contributed by atoms with van der Waals surface area (Å²) in [4.78, 5) is 15.0. The summed E-state index contributed by atoms with van der Waals surface area (Å²) in [6.45, 7) is 7.71. The molecular weight excluding hydrogens is 404 g/mol. The van der Waals surface area contributed by atoms with Gasteiger partial charge in [0, 0.05) is 30.7 Å². The zero-order valence-corrected chi connectivity index (χ0v) is 18.5. The molecule has 2 aliphatic heterocycles. The van der Waals surface area contributed by atoms with Crippen molar-refractivity contribution < 1.29 is 13.2 Å². The van der Waals surface area contributed by atoms with Crippen LogP contribution in [0.15, 0.2) is 23.1 Å². The van der Waals surface area contributed by atoms with Crippen molar-refractivity contribution >= 4 is 21.6 Å². The van der Waals surface area contributed by atoms with Gasteiger partial charge in [-0.1, -0.05) is 27.2 Å². The monoisotopic (exact) mass is 432 g/mol. The topological polar surface area (TPSA) is 101 Å². The number of hydrogen-bond acceptors (Lipinski definition) is 6. The van der Waals surface area contributed by atoms with E-state index in [0.29, 0.717) is 36.8 Å². The number of nitrogens with zero attached hydrogens (tertiary/aromatic N) is 6. The minimum absolute atomic E-state index is 0.0485. The number of anilines is 1. The van der Waals surface area contributed by atoms with Gasteiger partial charge in [0.05, 0.1) is 4.90 Å². The van der Waals surface area contributed by atoms with Crippen molar-refractivity contribution in [3.8, 4) is 0 Å². The number of amides is 1. The number of sulfonamides is 1. The van der Waals surface area contributed by atoms with Crippen LogP contribution in [0.4, 0.5) is 5.69 Å². The Balaban J connectivity index is 1.54. The number of tetrazole rings is 1. The highest BCUT2D eigenvalue weighted by atomic mass is 32.2. The molecule has 0 bridgehead atoms. The molecule has 9 nitrogen and oxygen atoms in total. The third kappa shape index (κ3) is 3.85. The Labute approximate surface area is 177 Å². The molecule has 0 aliphatic carbocycles. The summed E-state index contributed by atoms with van der Waals surface area (Å²) in [7, 11) is -3.49. The maximum atomic E-state index is 13.0. The van der Waals surface area contributed by atoms with E-state index in [-0.39, 0.29) is 17.9 Å². The van der Waals surface area contributed by atoms with E-state index in [9.17, 15) is 13.2 Å². The average molecular weight is 433 g/mol. The number of rotatable bonds is 4. The number of carbonyl (C=O) groups excluding carboxylic acids is 1. The zero-order chi connectivity index (χ0) is 21.5. The molecule has 2 aromatic rings. The van der Waals surface area contributed by atoms with E-state index in [4.69, 9.17) is 0 Å². The number of carbonyl (C=O) groups is 1. The summed E-state index contributed by atoms with van der Waals surface area (Å²) in [5, 5.41) is 11.7. The Morgan fingerprint density at radius 2 is 1.83 bits per heavy atom. The Hall–Kier alpha value is -2.33. The second-order valence-corrected chi connectivity index (χ2v) is 10.9. The van der Waals surface area contributed by atoms with Crippen molar-refractivity contribution in [1.82, 2.24) is 24.5 Å². The molecule has 0 unspecified atom stereocenters. The van der Waals surface area contributed by atoms with Crippen molar-refractivity contribution in [2.45, 2.75) is 63.3 Å². The molecule has 4 rings (SSSR count). The Morgan fingerprint density at radius 1 is 1.10 bits per heavy atom. The molecule has 162 valence electrons. The lowest BCUT2D eigenvalue weighted by Crippen LogP contribution is -2.35. The lowest BCUT2D eigenvalue weighted by molar-refractivity contribution is -0.119. The van der Waals surface area contributed by atoms with E-state index in [2.05, 4.69) is 15.5 Å². The summed E-state index contributed by atoms with van der Waals surface area (Å²) in [5.74, 6) is 0.538. The molecule has 1 amide bonds. The van der Waals surface area contributed by atoms with E-state index >= 15 is 0 Å². The molecule has 1 aromatic heterocycles. The molecule has 0 N–H and O–H groups in total. The fourth-order valence-corrected chi connectivity index (χ4v) is 5.68. The van der Waals surface area contributed by atoms with Crippen LogP contribution in [0, 0.1) is 0 Å². The lowest BCUT2D eigenvalue weighted by Gasteiger charge is -2.26. The van der Waals surface area contributed by atoms with Crippen LogP contribution in [0.1, 0.15) is 51.4 Å². The second-order valence-electron chi connectivity index (χ2n) is 8.96. The van der Waals surface area contributed by atoms with Gasteiger partial charge in [0.15, 0.2) is 5.82 Å². The van der Waals surface area contributed by atoms with Gasteiger partial charge in [0.25, 0.3) is 0 Å². The summed E-state index contributed by atoms with van der Waals surface area (Å²) in [5.41, 5.74) is 1.38. The van der Waals surface area contributed by atoms with Crippen molar-refractivity contribution in [2.24, 2.45) is 0 Å². The van der Waals surface area contributed by atoms with Gasteiger partial charge in [-0.25, -0.2) is 13.1 Å². The van der Waals surface area contributed by atoms with E-state index in [1.54, 1.807) is 27.4 Å². The normalized spacial score (nSPS) is 17.9. The highest BCUT2D eigenvalue weighted by molar-refractivity contribution is 7.89. The molecule has 0 spiro atoms. The Morgan fingerprint density at radius 3 is 2.53 bits per heavy atom. The SMILES string of the molecule is CC(C)(C)c1nnnn1CC(=O)N1CCc2cc(S(=O)(=O)N3CCCCC3)ccc21. The molecule has 10 heteroatoms. The first-order valence-corrected chi connectivity index (χ1v) is 11.8. The molecule has 0 saturated carbocycles. The van der Waals surface area contributed by atoms with Gasteiger partial charge in [-0.3, -0.25) is 4.79 Å². The minimum atomic E-state index is -3.49. The van der Waals surface area contributed by atoms with E-state index in [1.807, 2.05) is 20.8 Å². The summed E-state index contributed by atoms with van der Waals surface area (Å²) in [6.07, 6.45) is 3.51. The second kappa shape index (κ2) is 7.73. The van der Waals surface area contributed by atoms with Crippen LogP contribution >= 0.6 is 0 Å². The summed E-state index contributed by atoms with van der Waals surface area (Å²) in [6, 6.07) is 5.09. The maximum absolute atomic E-state index is 13.0. The maximum Gasteiger partial charge on any atom is 0.248 e. The number of aromatic nitrogens is 4. The van der Waals surface area contributed by atoms with Crippen LogP contribution in [-0.4, -0.2) is 58.5 Å². The third-order valence-corrected chi connectivity index (χ3v) is 7.58. The van der Waals surface area contributed by atoms with Crippen LogP contribution in [0.5, 0.6) is 0 Å². The van der Waals surface area contributed by atoms with Crippen molar-refractivity contribution in [1.29, 1.82) is 0 Å². The molecule has 1 aromatic carbocycles. The Bertz CT molecular complexity index is 1050. The molecular formula is C20H28N6O3S. The molecule has 30 heavy (non-hydrogen) atoms. The van der Waals surface area contributed by atoms with Gasteiger partial charge in [-0.05, 0) is 53.5 Å². The summed E-state index contributed by atoms with van der Waals surface area (Å²) >= 11 is 0. The molecule has 1 saturated heterocycles. The summed E-state index contributed by atoms with van der Waals surface area (Å²) < 4.78 is 29.0. The molecule has 1 fully saturated rings. The van der Waals surface area contributed by atoms with E-state index in [1.165, 1.54) is 4.68 Å². The predicted molar refractivity (Wildman–Crippen MR) is 112 cm³/mol. The molecule has 0 atom stereocenters. The van der Waals surface area contributed by atoms with Crippen LogP contribution < -0.4 is 4.90 Å². The molecule has 2 aliphatic rings. The van der Waals surface area contributed by atoms with E-state index < -0.39 is 10.0 Å². The predicted octanol–water partition coefficient (Wildman–Crippen LogP) is 1.73. The number of fused-ring (bicyclic) bond motifs is 1. The van der Waals surface area contributed by atoms with Gasteiger partial charge < -0.3 is 4.90 Å². The zero-order valence-electron chi connectivity index (χ0n) is 17.7. The Kier molecular flexibility index (Phi) is 5.39. The van der Waals surface area contributed by atoms with Gasteiger partial charge in [0.1, 0.15) is 6.54 Å². The quantitative estimate of drug-likeness (QED) is 0.729. The highest BCUT2D eigenvalue weighted by Gasteiger charge is 2.31. The fraction of sp³-hybridized carbons (Fsp3) is 0.600. The van der Waals surface area contributed by atoms with Crippen LogP contribution in [0.2, 0.25) is 0 Å². The number of piperidine rings is 1. The van der Waals surface area contributed by atoms with Crippen molar-refractivity contribution in [3.63, 3.8) is 0 Å². The first-order valence-electron chi connectivity index (χ1n) is 10.4. The molecule has 0 radical (unpaired) electrons. The average Bonchev–Trinajstić information content (AvgIpc) is 3.34. The number of benzene rings is 1. The van der Waals surface area contributed by atoms with Crippen LogP contribution in [-0.2, 0) is 33.2 Å². The lowest BCUT2D eigenvalue weighted by atomic mass is 9.96. The smallest absolute Gasteiger partial charge is 0.248 e. The molecule has 3 heterocycles. The fourth-order valence-electron chi connectivity index (χ4n) is 4.11. The third-order valence-electron chi connectivity index (χ3n) is 5.69. The van der Waals surface area contributed by atoms with Gasteiger partial charge in [-0.15, -0.1) is 5.10 Å².